The first-order valence-electron chi connectivity index (χ1n) is 12.9. The Bertz CT molecular complexity index is 1930. The molecule has 0 amide bonds. The zero-order valence-corrected chi connectivity index (χ0v) is 25.3. The lowest BCUT2D eigenvalue weighted by Crippen LogP contribution is -2.40. The molecule has 3 heterocycles. The molecule has 208 valence electrons. The highest BCUT2D eigenvalue weighted by molar-refractivity contribution is 9.10. The zero-order valence-electron chi connectivity index (χ0n) is 22.9. The van der Waals surface area contributed by atoms with Crippen molar-refractivity contribution in [1.82, 2.24) is 13.7 Å². The van der Waals surface area contributed by atoms with E-state index in [1.165, 1.54) is 11.3 Å². The fraction of sp³-hybridized carbons (Fsp3) is 0.310. The number of hydrogen-bond donors (Lipinski definition) is 0. The molecule has 0 bridgehead atoms. The number of carbonyl (C=O) groups excluding carboxylic acids is 1. The minimum Gasteiger partial charge on any atom is -0.496 e. The number of hydrogen-bond acceptors (Lipinski definition) is 7. The van der Waals surface area contributed by atoms with Gasteiger partial charge in [0, 0.05) is 24.1 Å². The van der Waals surface area contributed by atoms with Crippen LogP contribution in [0.5, 0.6) is 5.75 Å². The first kappa shape index (κ1) is 27.9. The molecule has 1 aliphatic rings. The molecule has 4 aromatic rings. The van der Waals surface area contributed by atoms with E-state index in [1.54, 1.807) is 54.0 Å². The van der Waals surface area contributed by atoms with E-state index in [-0.39, 0.29) is 17.9 Å². The maximum absolute atomic E-state index is 14.1. The van der Waals surface area contributed by atoms with Crippen molar-refractivity contribution >= 4 is 50.3 Å². The van der Waals surface area contributed by atoms with Gasteiger partial charge >= 0.3 is 11.7 Å². The van der Waals surface area contributed by atoms with E-state index >= 15 is 0 Å². The summed E-state index contributed by atoms with van der Waals surface area (Å²) in [5.41, 5.74) is 3.52. The third kappa shape index (κ3) is 4.66. The smallest absolute Gasteiger partial charge is 0.338 e. The van der Waals surface area contributed by atoms with Crippen LogP contribution < -0.4 is 25.3 Å². The standard InChI is InChI=1S/C29H29BrN4O5S/c1-6-8-19-24(27(36)39-7-2)25(18-15-17(30)10-12-22(18)38-5)34-26(35)23(40-28(34)31-19)14-16-9-11-20-21(13-16)33(4)29(37)32(20)3/h9-15,25H,6-8H2,1-5H3/b23-14+/t25-/m0/s1. The molecular formula is C29H29BrN4O5S. The van der Waals surface area contributed by atoms with Gasteiger partial charge in [0.2, 0.25) is 0 Å². The Morgan fingerprint density at radius 3 is 2.55 bits per heavy atom. The molecule has 2 aromatic carbocycles. The third-order valence-electron chi connectivity index (χ3n) is 6.97. The molecule has 40 heavy (non-hydrogen) atoms. The summed E-state index contributed by atoms with van der Waals surface area (Å²) < 4.78 is 17.1. The molecule has 0 aliphatic carbocycles. The Labute approximate surface area is 242 Å². The van der Waals surface area contributed by atoms with E-state index in [9.17, 15) is 14.4 Å². The van der Waals surface area contributed by atoms with Crippen molar-refractivity contribution in [2.45, 2.75) is 32.7 Å². The quantitative estimate of drug-likeness (QED) is 0.293. The number of aromatic nitrogens is 3. The fourth-order valence-electron chi connectivity index (χ4n) is 5.10. The van der Waals surface area contributed by atoms with Gasteiger partial charge in [-0.05, 0) is 55.3 Å². The topological polar surface area (TPSA) is 96.8 Å². The zero-order chi connectivity index (χ0) is 28.7. The van der Waals surface area contributed by atoms with Crippen LogP contribution in [0.1, 0.15) is 43.9 Å². The van der Waals surface area contributed by atoms with Crippen LogP contribution in [0.3, 0.4) is 0 Å². The van der Waals surface area contributed by atoms with Crippen LogP contribution in [0, 0.1) is 0 Å². The molecular weight excluding hydrogens is 596 g/mol. The summed E-state index contributed by atoms with van der Waals surface area (Å²) in [6.45, 7) is 3.96. The lowest BCUT2D eigenvalue weighted by Gasteiger charge is -2.27. The van der Waals surface area contributed by atoms with Gasteiger partial charge in [0.15, 0.2) is 4.80 Å². The number of esters is 1. The summed E-state index contributed by atoms with van der Waals surface area (Å²) in [5, 5.41) is 0. The number of ether oxygens (including phenoxy) is 2. The Morgan fingerprint density at radius 1 is 1.10 bits per heavy atom. The van der Waals surface area contributed by atoms with E-state index in [1.807, 2.05) is 37.3 Å². The van der Waals surface area contributed by atoms with Crippen LogP contribution in [0.2, 0.25) is 0 Å². The number of carbonyl (C=O) groups is 1. The Morgan fingerprint density at radius 2 is 1.85 bits per heavy atom. The van der Waals surface area contributed by atoms with Crippen LogP contribution >= 0.6 is 27.3 Å². The van der Waals surface area contributed by atoms with Gasteiger partial charge in [-0.3, -0.25) is 18.5 Å². The van der Waals surface area contributed by atoms with Gasteiger partial charge in [0.25, 0.3) is 5.56 Å². The number of fused-ring (bicyclic) bond motifs is 2. The van der Waals surface area contributed by atoms with Crippen LogP contribution in [0.4, 0.5) is 0 Å². The molecule has 5 rings (SSSR count). The van der Waals surface area contributed by atoms with E-state index in [0.29, 0.717) is 38.3 Å². The summed E-state index contributed by atoms with van der Waals surface area (Å²) in [6, 6.07) is 10.4. The predicted octanol–water partition coefficient (Wildman–Crippen LogP) is 3.54. The molecule has 0 radical (unpaired) electrons. The summed E-state index contributed by atoms with van der Waals surface area (Å²) in [6.07, 6.45) is 3.10. The average molecular weight is 626 g/mol. The number of rotatable bonds is 7. The minimum absolute atomic E-state index is 0.121. The number of nitrogens with zero attached hydrogens (tertiary/aromatic N) is 4. The number of halogens is 1. The molecule has 0 saturated carbocycles. The van der Waals surface area contributed by atoms with Crippen molar-refractivity contribution in [2.75, 3.05) is 13.7 Å². The Kier molecular flexibility index (Phi) is 7.70. The van der Waals surface area contributed by atoms with Gasteiger partial charge in [-0.2, -0.15) is 0 Å². The molecule has 9 nitrogen and oxygen atoms in total. The maximum atomic E-state index is 14.1. The van der Waals surface area contributed by atoms with E-state index < -0.39 is 12.0 Å². The molecule has 11 heteroatoms. The summed E-state index contributed by atoms with van der Waals surface area (Å²) >= 11 is 4.80. The minimum atomic E-state index is -0.788. The Hall–Kier alpha value is -3.70. The van der Waals surface area contributed by atoms with Crippen LogP contribution in [-0.4, -0.2) is 33.4 Å². The molecule has 1 aliphatic heterocycles. The van der Waals surface area contributed by atoms with E-state index in [4.69, 9.17) is 14.5 Å². The summed E-state index contributed by atoms with van der Waals surface area (Å²) in [7, 11) is 5.01. The second kappa shape index (κ2) is 11.1. The average Bonchev–Trinajstić information content (AvgIpc) is 3.35. The van der Waals surface area contributed by atoms with Crippen LogP contribution in [0.15, 0.2) is 66.7 Å². The van der Waals surface area contributed by atoms with E-state index in [0.717, 1.165) is 27.5 Å². The summed E-state index contributed by atoms with van der Waals surface area (Å²) in [4.78, 5) is 45.2. The second-order valence-corrected chi connectivity index (χ2v) is 11.4. The fourth-order valence-corrected chi connectivity index (χ4v) is 6.50. The highest BCUT2D eigenvalue weighted by Crippen LogP contribution is 2.38. The van der Waals surface area contributed by atoms with Gasteiger partial charge in [-0.1, -0.05) is 46.7 Å². The van der Waals surface area contributed by atoms with Crippen molar-refractivity contribution in [2.24, 2.45) is 19.1 Å². The first-order chi connectivity index (χ1) is 19.2. The molecule has 2 aromatic heterocycles. The number of aryl methyl sites for hydroxylation is 2. The van der Waals surface area contributed by atoms with Crippen molar-refractivity contribution in [3.8, 4) is 5.75 Å². The van der Waals surface area contributed by atoms with Crippen molar-refractivity contribution in [3.63, 3.8) is 0 Å². The van der Waals surface area contributed by atoms with Gasteiger partial charge in [-0.25, -0.2) is 14.6 Å². The van der Waals surface area contributed by atoms with Crippen LogP contribution in [-0.2, 0) is 23.6 Å². The summed E-state index contributed by atoms with van der Waals surface area (Å²) in [5.74, 6) is 0.0317. The number of benzene rings is 2. The van der Waals surface area contributed by atoms with Gasteiger partial charge < -0.3 is 9.47 Å². The second-order valence-electron chi connectivity index (χ2n) is 9.45. The molecule has 0 N–H and O–H groups in total. The monoisotopic (exact) mass is 624 g/mol. The first-order valence-corrected chi connectivity index (χ1v) is 14.5. The van der Waals surface area contributed by atoms with Gasteiger partial charge in [-0.15, -0.1) is 0 Å². The SMILES string of the molecule is CCCC1=C(C(=O)OCC)[C@H](c2cc(Br)ccc2OC)n2c(s/c(=C/c3ccc4c(c3)n(C)c(=O)n4C)c2=O)=N1. The third-order valence-corrected chi connectivity index (χ3v) is 8.45. The van der Waals surface area contributed by atoms with Gasteiger partial charge in [0.1, 0.15) is 11.8 Å². The molecule has 0 unspecified atom stereocenters. The van der Waals surface area contributed by atoms with Crippen LogP contribution in [0.25, 0.3) is 17.1 Å². The number of imidazole rings is 1. The lowest BCUT2D eigenvalue weighted by molar-refractivity contribution is -0.139. The Balaban J connectivity index is 1.79. The normalized spacial score (nSPS) is 15.3. The maximum Gasteiger partial charge on any atom is 0.338 e. The highest BCUT2D eigenvalue weighted by Gasteiger charge is 2.36. The lowest BCUT2D eigenvalue weighted by atomic mass is 9.93. The number of thiazole rings is 1. The largest absolute Gasteiger partial charge is 0.496 e. The number of allylic oxidation sites excluding steroid dienone is 1. The predicted molar refractivity (Wildman–Crippen MR) is 158 cm³/mol. The van der Waals surface area contributed by atoms with E-state index in [2.05, 4.69) is 15.9 Å². The number of methoxy groups -OCH3 is 1. The molecule has 0 saturated heterocycles. The molecule has 1 atom stereocenters. The van der Waals surface area contributed by atoms with Crippen molar-refractivity contribution in [3.05, 3.63) is 93.4 Å². The highest BCUT2D eigenvalue weighted by atomic mass is 79.9. The molecule has 0 fully saturated rings. The van der Waals surface area contributed by atoms with Crippen molar-refractivity contribution < 1.29 is 14.3 Å². The van der Waals surface area contributed by atoms with Crippen molar-refractivity contribution in [1.29, 1.82) is 0 Å². The molecule has 0 spiro atoms. The van der Waals surface area contributed by atoms with Gasteiger partial charge in [0.05, 0.1) is 40.6 Å².